The van der Waals surface area contributed by atoms with Gasteiger partial charge in [0.25, 0.3) is 0 Å². The molecule has 0 rings (SSSR count). The molecule has 0 aliphatic carbocycles. The second kappa shape index (κ2) is 57.0. The van der Waals surface area contributed by atoms with Crippen molar-refractivity contribution in [2.24, 2.45) is 0 Å². The van der Waals surface area contributed by atoms with Crippen LogP contribution in [0.2, 0.25) is 0 Å². The number of allylic oxidation sites excluding steroid dienone is 8. The Morgan fingerprint density at radius 3 is 0.897 bits per heavy atom. The monoisotopic (exact) mass is 953 g/mol. The fourth-order valence-electron chi connectivity index (χ4n) is 8.56. The van der Waals surface area contributed by atoms with Gasteiger partial charge in [-0.05, 0) is 83.5 Å². The largest absolute Gasteiger partial charge is 0.462 e. The van der Waals surface area contributed by atoms with E-state index in [1.165, 1.54) is 199 Å². The topological polar surface area (TPSA) is 78.9 Å². The number of carbonyl (C=O) groups is 3. The van der Waals surface area contributed by atoms with E-state index in [1.54, 1.807) is 0 Å². The molecule has 0 heterocycles. The van der Waals surface area contributed by atoms with Crippen molar-refractivity contribution in [3.05, 3.63) is 48.6 Å². The highest BCUT2D eigenvalue weighted by molar-refractivity contribution is 5.71. The van der Waals surface area contributed by atoms with Gasteiger partial charge in [0.2, 0.25) is 0 Å². The van der Waals surface area contributed by atoms with E-state index in [4.69, 9.17) is 14.2 Å². The first-order valence-electron chi connectivity index (χ1n) is 29.6. The molecule has 0 aromatic rings. The molecule has 0 unspecified atom stereocenters. The van der Waals surface area contributed by atoms with E-state index >= 15 is 0 Å². The van der Waals surface area contributed by atoms with Gasteiger partial charge in [0, 0.05) is 19.3 Å². The lowest BCUT2D eigenvalue weighted by atomic mass is 10.0. The molecular weight excluding hydrogens is 841 g/mol. The standard InChI is InChI=1S/C62H112O6/c1-4-7-10-13-16-19-22-25-28-30-31-32-35-37-40-43-46-49-52-55-61(64)67-58-59(57-66-60(63)54-51-48-45-42-39-36-33-27-24-21-18-15-12-9-6-3)68-62(65)56-53-50-47-44-41-38-34-29-26-23-20-17-14-11-8-5-2/h18,21,27,30-31,33,39,42,59H,4-17,19-20,22-26,28-29,32,34-38,40-41,43-58H2,1-3H3/b21-18-,31-30-,33-27-,42-39-/t59-/m1/s1. The molecule has 6 nitrogen and oxygen atoms in total. The smallest absolute Gasteiger partial charge is 0.306 e. The molecule has 6 heteroatoms. The number of unbranched alkanes of at least 4 members (excludes halogenated alkanes) is 35. The lowest BCUT2D eigenvalue weighted by Gasteiger charge is -2.18. The predicted octanol–water partition coefficient (Wildman–Crippen LogP) is 19.8. The van der Waals surface area contributed by atoms with Crippen molar-refractivity contribution in [1.29, 1.82) is 0 Å². The maximum absolute atomic E-state index is 12.9. The fourth-order valence-corrected chi connectivity index (χ4v) is 8.56. The third kappa shape index (κ3) is 54.3. The van der Waals surface area contributed by atoms with Crippen LogP contribution in [0.15, 0.2) is 48.6 Å². The van der Waals surface area contributed by atoms with Gasteiger partial charge < -0.3 is 14.2 Å². The Hall–Kier alpha value is -2.63. The van der Waals surface area contributed by atoms with Crippen molar-refractivity contribution in [3.8, 4) is 0 Å². The highest BCUT2D eigenvalue weighted by atomic mass is 16.6. The highest BCUT2D eigenvalue weighted by Gasteiger charge is 2.19. The zero-order valence-corrected chi connectivity index (χ0v) is 45.4. The maximum Gasteiger partial charge on any atom is 0.306 e. The zero-order chi connectivity index (χ0) is 49.3. The van der Waals surface area contributed by atoms with Gasteiger partial charge in [0.05, 0.1) is 0 Å². The minimum Gasteiger partial charge on any atom is -0.462 e. The van der Waals surface area contributed by atoms with E-state index in [0.29, 0.717) is 19.3 Å². The Labute approximate surface area is 422 Å². The van der Waals surface area contributed by atoms with Crippen LogP contribution in [0, 0.1) is 0 Å². The lowest BCUT2D eigenvalue weighted by molar-refractivity contribution is -0.167. The number of rotatable bonds is 54. The van der Waals surface area contributed by atoms with Gasteiger partial charge in [-0.2, -0.15) is 0 Å². The van der Waals surface area contributed by atoms with E-state index in [2.05, 4.69) is 69.4 Å². The lowest BCUT2D eigenvalue weighted by Crippen LogP contribution is -2.30. The molecule has 0 fully saturated rings. The third-order valence-corrected chi connectivity index (χ3v) is 13.1. The van der Waals surface area contributed by atoms with Crippen LogP contribution in [0.1, 0.15) is 310 Å². The molecule has 68 heavy (non-hydrogen) atoms. The minimum absolute atomic E-state index is 0.0845. The van der Waals surface area contributed by atoms with Crippen LogP contribution in [0.25, 0.3) is 0 Å². The van der Waals surface area contributed by atoms with Crippen LogP contribution >= 0.6 is 0 Å². The average molecular weight is 954 g/mol. The zero-order valence-electron chi connectivity index (χ0n) is 45.4. The van der Waals surface area contributed by atoms with Crippen LogP contribution in [-0.2, 0) is 28.6 Å². The second-order valence-corrected chi connectivity index (χ2v) is 19.9. The molecule has 0 saturated carbocycles. The van der Waals surface area contributed by atoms with Gasteiger partial charge >= 0.3 is 17.9 Å². The van der Waals surface area contributed by atoms with E-state index in [1.807, 2.05) is 0 Å². The Kier molecular flexibility index (Phi) is 54.8. The van der Waals surface area contributed by atoms with Crippen molar-refractivity contribution in [1.82, 2.24) is 0 Å². The van der Waals surface area contributed by atoms with Crippen molar-refractivity contribution >= 4 is 17.9 Å². The maximum atomic E-state index is 12.9. The number of hydrogen-bond donors (Lipinski definition) is 0. The molecule has 0 aliphatic rings. The van der Waals surface area contributed by atoms with Crippen LogP contribution in [0.4, 0.5) is 0 Å². The molecule has 0 spiro atoms. The van der Waals surface area contributed by atoms with E-state index in [0.717, 1.165) is 70.6 Å². The first-order chi connectivity index (χ1) is 33.5. The summed E-state index contributed by atoms with van der Waals surface area (Å²) in [6, 6.07) is 0. The molecule has 0 aromatic heterocycles. The number of carbonyl (C=O) groups excluding carboxylic acids is 3. The molecule has 0 radical (unpaired) electrons. The van der Waals surface area contributed by atoms with E-state index in [-0.39, 0.29) is 31.1 Å². The molecule has 0 N–H and O–H groups in total. The van der Waals surface area contributed by atoms with Crippen LogP contribution in [0.3, 0.4) is 0 Å². The molecule has 0 aliphatic heterocycles. The average Bonchev–Trinajstić information content (AvgIpc) is 3.34. The van der Waals surface area contributed by atoms with E-state index < -0.39 is 6.10 Å². The normalized spacial score (nSPS) is 12.3. The Morgan fingerprint density at radius 2 is 0.529 bits per heavy atom. The summed E-state index contributed by atoms with van der Waals surface area (Å²) >= 11 is 0. The minimum atomic E-state index is -0.788. The highest BCUT2D eigenvalue weighted by Crippen LogP contribution is 2.16. The summed E-state index contributed by atoms with van der Waals surface area (Å²) in [5, 5.41) is 0. The van der Waals surface area contributed by atoms with Gasteiger partial charge in [-0.3, -0.25) is 14.4 Å². The second-order valence-electron chi connectivity index (χ2n) is 19.9. The summed E-state index contributed by atoms with van der Waals surface area (Å²) in [7, 11) is 0. The molecule has 0 bridgehead atoms. The Morgan fingerprint density at radius 1 is 0.294 bits per heavy atom. The van der Waals surface area contributed by atoms with Crippen molar-refractivity contribution in [2.45, 2.75) is 316 Å². The quantitative estimate of drug-likeness (QED) is 0.0262. The van der Waals surface area contributed by atoms with Gasteiger partial charge in [-0.1, -0.05) is 256 Å². The van der Waals surface area contributed by atoms with Crippen LogP contribution in [0.5, 0.6) is 0 Å². The first kappa shape index (κ1) is 65.4. The van der Waals surface area contributed by atoms with Gasteiger partial charge in [-0.15, -0.1) is 0 Å². The van der Waals surface area contributed by atoms with Crippen molar-refractivity contribution in [2.75, 3.05) is 13.2 Å². The van der Waals surface area contributed by atoms with Crippen molar-refractivity contribution < 1.29 is 28.6 Å². The Balaban J connectivity index is 4.39. The summed E-state index contributed by atoms with van der Waals surface area (Å²) in [4.78, 5) is 38.2. The first-order valence-corrected chi connectivity index (χ1v) is 29.6. The number of hydrogen-bond acceptors (Lipinski definition) is 6. The molecule has 0 saturated heterocycles. The molecule has 0 aromatic carbocycles. The third-order valence-electron chi connectivity index (χ3n) is 13.1. The molecule has 396 valence electrons. The summed E-state index contributed by atoms with van der Waals surface area (Å²) in [5.41, 5.74) is 0. The summed E-state index contributed by atoms with van der Waals surface area (Å²) < 4.78 is 16.9. The number of esters is 3. The summed E-state index contributed by atoms with van der Waals surface area (Å²) in [5.74, 6) is -0.912. The molecule has 0 amide bonds. The van der Waals surface area contributed by atoms with Crippen LogP contribution < -0.4 is 0 Å². The van der Waals surface area contributed by atoms with Gasteiger partial charge in [0.1, 0.15) is 13.2 Å². The number of ether oxygens (including phenoxy) is 3. The predicted molar refractivity (Wildman–Crippen MR) is 293 cm³/mol. The van der Waals surface area contributed by atoms with Crippen molar-refractivity contribution in [3.63, 3.8) is 0 Å². The molecule has 1 atom stereocenters. The summed E-state index contributed by atoms with van der Waals surface area (Å²) in [6.07, 6.45) is 69.6. The SMILES string of the molecule is CCCCC/C=C\C/C=C\C/C=C\CCCCC(=O)OC[C@H](COC(=O)CCCCCCCCC/C=C\CCCCCCCCCC)OC(=O)CCCCCCCCCCCCCCCCCC. The van der Waals surface area contributed by atoms with Gasteiger partial charge in [0.15, 0.2) is 6.10 Å². The van der Waals surface area contributed by atoms with E-state index in [9.17, 15) is 14.4 Å². The summed E-state index contributed by atoms with van der Waals surface area (Å²) in [6.45, 7) is 6.61. The Bertz CT molecular complexity index is 1190. The fraction of sp³-hybridized carbons (Fsp3) is 0.823. The molecular formula is C62H112O6. The van der Waals surface area contributed by atoms with Gasteiger partial charge in [-0.25, -0.2) is 0 Å². The van der Waals surface area contributed by atoms with Crippen LogP contribution in [-0.4, -0.2) is 37.2 Å².